The molecule has 1 atom stereocenters. The highest BCUT2D eigenvalue weighted by Crippen LogP contribution is 2.22. The van der Waals surface area contributed by atoms with Crippen molar-refractivity contribution in [1.82, 2.24) is 4.98 Å². The Morgan fingerprint density at radius 3 is 2.71 bits per heavy atom. The fourth-order valence-corrected chi connectivity index (χ4v) is 1.67. The van der Waals surface area contributed by atoms with Crippen LogP contribution in [0.15, 0.2) is 12.1 Å². The molecule has 0 aromatic carbocycles. The van der Waals surface area contributed by atoms with E-state index in [4.69, 9.17) is 16.7 Å². The van der Waals surface area contributed by atoms with Crippen LogP contribution < -0.4 is 0 Å². The third kappa shape index (κ3) is 2.45. The van der Waals surface area contributed by atoms with Crippen molar-refractivity contribution < 1.29 is 9.90 Å². The molecule has 1 heterocycles. The van der Waals surface area contributed by atoms with Crippen LogP contribution in [0.25, 0.3) is 0 Å². The predicted octanol–water partition coefficient (Wildman–Crippen LogP) is 2.62. The van der Waals surface area contributed by atoms with E-state index >= 15 is 0 Å². The number of aryl methyl sites for hydroxylation is 1. The Labute approximate surface area is 87.7 Å². The van der Waals surface area contributed by atoms with Crippen molar-refractivity contribution in [2.24, 2.45) is 0 Å². The fourth-order valence-electron chi connectivity index (χ4n) is 1.41. The lowest BCUT2D eigenvalue weighted by Crippen LogP contribution is -2.10. The Morgan fingerprint density at radius 1 is 1.64 bits per heavy atom. The van der Waals surface area contributed by atoms with E-state index in [0.29, 0.717) is 11.6 Å². The second-order valence-corrected chi connectivity index (χ2v) is 3.55. The average molecular weight is 214 g/mol. The summed E-state index contributed by atoms with van der Waals surface area (Å²) >= 11 is 5.75. The number of carboxylic acids is 1. The molecule has 3 nitrogen and oxygen atoms in total. The molecule has 0 aliphatic heterocycles. The molecular formula is C10H12ClNO2. The van der Waals surface area contributed by atoms with Crippen molar-refractivity contribution in [2.45, 2.75) is 26.2 Å². The zero-order valence-electron chi connectivity index (χ0n) is 8.12. The first-order chi connectivity index (χ1) is 6.54. The smallest absolute Gasteiger partial charge is 0.310 e. The van der Waals surface area contributed by atoms with Crippen LogP contribution in [-0.2, 0) is 4.79 Å². The van der Waals surface area contributed by atoms with E-state index in [1.54, 1.807) is 19.1 Å². The molecule has 14 heavy (non-hydrogen) atoms. The van der Waals surface area contributed by atoms with Crippen LogP contribution in [0.5, 0.6) is 0 Å². The number of hydrogen-bond donors (Lipinski definition) is 1. The summed E-state index contributed by atoms with van der Waals surface area (Å²) in [4.78, 5) is 14.9. The van der Waals surface area contributed by atoms with E-state index in [1.807, 2.05) is 6.92 Å². The Kier molecular flexibility index (Phi) is 3.47. The van der Waals surface area contributed by atoms with Gasteiger partial charge in [0, 0.05) is 5.69 Å². The van der Waals surface area contributed by atoms with Crippen molar-refractivity contribution in [1.29, 1.82) is 0 Å². The van der Waals surface area contributed by atoms with Gasteiger partial charge in [0.05, 0.1) is 5.92 Å². The summed E-state index contributed by atoms with van der Waals surface area (Å²) in [5.41, 5.74) is 1.46. The quantitative estimate of drug-likeness (QED) is 0.786. The van der Waals surface area contributed by atoms with Gasteiger partial charge in [-0.05, 0) is 31.0 Å². The molecule has 0 aliphatic carbocycles. The minimum absolute atomic E-state index is 0.347. The molecule has 0 spiro atoms. The summed E-state index contributed by atoms with van der Waals surface area (Å²) in [7, 11) is 0. The highest BCUT2D eigenvalue weighted by atomic mass is 35.5. The first-order valence-electron chi connectivity index (χ1n) is 4.41. The molecule has 0 radical (unpaired) electrons. The molecule has 1 unspecified atom stereocenters. The Balaban J connectivity index is 3.10. The number of aliphatic carboxylic acids is 1. The van der Waals surface area contributed by atoms with Crippen LogP contribution in [-0.4, -0.2) is 16.1 Å². The van der Waals surface area contributed by atoms with Gasteiger partial charge in [-0.15, -0.1) is 0 Å². The number of carboxylic acid groups (broad SMARTS) is 1. The summed E-state index contributed by atoms with van der Waals surface area (Å²) in [6, 6.07) is 3.37. The lowest BCUT2D eigenvalue weighted by Gasteiger charge is -2.10. The van der Waals surface area contributed by atoms with Crippen molar-refractivity contribution >= 4 is 17.6 Å². The van der Waals surface area contributed by atoms with Crippen molar-refractivity contribution in [2.75, 3.05) is 0 Å². The second kappa shape index (κ2) is 4.42. The van der Waals surface area contributed by atoms with E-state index in [2.05, 4.69) is 4.98 Å². The van der Waals surface area contributed by atoms with Gasteiger partial charge >= 0.3 is 5.97 Å². The van der Waals surface area contributed by atoms with Crippen LogP contribution in [0.1, 0.15) is 30.5 Å². The number of hydrogen-bond acceptors (Lipinski definition) is 2. The third-order valence-corrected chi connectivity index (χ3v) is 2.25. The maximum atomic E-state index is 10.9. The number of aromatic nitrogens is 1. The molecule has 1 N–H and O–H groups in total. The number of carbonyl (C=O) groups is 1. The van der Waals surface area contributed by atoms with Gasteiger partial charge in [-0.25, -0.2) is 4.98 Å². The highest BCUT2D eigenvalue weighted by Gasteiger charge is 2.18. The van der Waals surface area contributed by atoms with Gasteiger partial charge in [0.15, 0.2) is 0 Å². The lowest BCUT2D eigenvalue weighted by molar-refractivity contribution is -0.138. The summed E-state index contributed by atoms with van der Waals surface area (Å²) in [5.74, 6) is -1.32. The summed E-state index contributed by atoms with van der Waals surface area (Å²) in [6.45, 7) is 3.63. The standard InChI is InChI=1S/C10H12ClNO2/c1-3-8(10(13)14)7-4-6(2)12-9(11)5-7/h4-5,8H,3H2,1-2H3,(H,13,14). The average Bonchev–Trinajstić information content (AvgIpc) is 2.02. The van der Waals surface area contributed by atoms with Gasteiger partial charge in [0.1, 0.15) is 5.15 Å². The maximum absolute atomic E-state index is 10.9. The van der Waals surface area contributed by atoms with E-state index in [-0.39, 0.29) is 0 Å². The maximum Gasteiger partial charge on any atom is 0.310 e. The van der Waals surface area contributed by atoms with Crippen LogP contribution in [0.3, 0.4) is 0 Å². The Morgan fingerprint density at radius 2 is 2.29 bits per heavy atom. The molecule has 1 aromatic rings. The third-order valence-electron chi connectivity index (χ3n) is 2.05. The van der Waals surface area contributed by atoms with E-state index in [0.717, 1.165) is 11.3 Å². The Hall–Kier alpha value is -1.09. The minimum atomic E-state index is -0.825. The molecule has 76 valence electrons. The SMILES string of the molecule is CCC(C(=O)O)c1cc(C)nc(Cl)c1. The van der Waals surface area contributed by atoms with Crippen LogP contribution in [0, 0.1) is 6.92 Å². The van der Waals surface area contributed by atoms with Crippen molar-refractivity contribution in [3.8, 4) is 0 Å². The molecule has 0 saturated carbocycles. The predicted molar refractivity (Wildman–Crippen MR) is 54.7 cm³/mol. The second-order valence-electron chi connectivity index (χ2n) is 3.16. The van der Waals surface area contributed by atoms with E-state index in [9.17, 15) is 4.79 Å². The summed E-state index contributed by atoms with van der Waals surface area (Å²) in [5, 5.41) is 9.29. The topological polar surface area (TPSA) is 50.2 Å². The van der Waals surface area contributed by atoms with Crippen LogP contribution in [0.4, 0.5) is 0 Å². The van der Waals surface area contributed by atoms with Gasteiger partial charge in [-0.1, -0.05) is 18.5 Å². The molecule has 1 rings (SSSR count). The minimum Gasteiger partial charge on any atom is -0.481 e. The fraction of sp³-hybridized carbons (Fsp3) is 0.400. The number of nitrogens with zero attached hydrogens (tertiary/aromatic N) is 1. The van der Waals surface area contributed by atoms with E-state index < -0.39 is 11.9 Å². The molecule has 0 bridgehead atoms. The zero-order valence-corrected chi connectivity index (χ0v) is 8.88. The molecule has 0 saturated heterocycles. The molecule has 1 aromatic heterocycles. The van der Waals surface area contributed by atoms with Gasteiger partial charge in [0.2, 0.25) is 0 Å². The summed E-state index contributed by atoms with van der Waals surface area (Å²) in [6.07, 6.45) is 0.551. The van der Waals surface area contributed by atoms with E-state index in [1.165, 1.54) is 0 Å². The monoisotopic (exact) mass is 213 g/mol. The highest BCUT2D eigenvalue weighted by molar-refractivity contribution is 6.29. The van der Waals surface area contributed by atoms with Crippen molar-refractivity contribution in [3.63, 3.8) is 0 Å². The molecule has 4 heteroatoms. The number of halogens is 1. The lowest BCUT2D eigenvalue weighted by atomic mass is 9.97. The zero-order chi connectivity index (χ0) is 10.7. The summed E-state index contributed by atoms with van der Waals surface area (Å²) < 4.78 is 0. The largest absolute Gasteiger partial charge is 0.481 e. The van der Waals surface area contributed by atoms with Gasteiger partial charge < -0.3 is 5.11 Å². The molecule has 0 fully saturated rings. The molecule has 0 aliphatic rings. The van der Waals surface area contributed by atoms with Gasteiger partial charge in [0.25, 0.3) is 0 Å². The Bertz CT molecular complexity index is 332. The van der Waals surface area contributed by atoms with Gasteiger partial charge in [-0.2, -0.15) is 0 Å². The molecular weight excluding hydrogens is 202 g/mol. The van der Waals surface area contributed by atoms with Crippen LogP contribution >= 0.6 is 11.6 Å². The first-order valence-corrected chi connectivity index (χ1v) is 4.79. The first kappa shape index (κ1) is 11.0. The van der Waals surface area contributed by atoms with Crippen LogP contribution in [0.2, 0.25) is 5.15 Å². The number of rotatable bonds is 3. The normalized spacial score (nSPS) is 12.5. The number of pyridine rings is 1. The molecule has 0 amide bonds. The van der Waals surface area contributed by atoms with Crippen molar-refractivity contribution in [3.05, 3.63) is 28.5 Å². The van der Waals surface area contributed by atoms with Gasteiger partial charge in [-0.3, -0.25) is 4.79 Å².